The molecule has 1 N–H and O–H groups in total. The van der Waals surface area contributed by atoms with E-state index in [2.05, 4.69) is 53.2 Å². The third-order valence-corrected chi connectivity index (χ3v) is 5.67. The molecule has 2 aliphatic heterocycles. The maximum Gasteiger partial charge on any atom is 0.193 e. The van der Waals surface area contributed by atoms with Gasteiger partial charge in [-0.25, -0.2) is 0 Å². The zero-order chi connectivity index (χ0) is 18.2. The molecule has 2 saturated heterocycles. The van der Waals surface area contributed by atoms with Crippen LogP contribution in [0.5, 0.6) is 0 Å². The number of hydrogen-bond donors (Lipinski definition) is 1. The van der Waals surface area contributed by atoms with Crippen LogP contribution in [-0.4, -0.2) is 61.6 Å². The molecule has 0 aliphatic carbocycles. The Hall–Kier alpha value is -0.820. The van der Waals surface area contributed by atoms with Gasteiger partial charge in [0, 0.05) is 32.7 Å². The summed E-state index contributed by atoms with van der Waals surface area (Å²) in [5, 5.41) is 3.51. The number of hydrogen-bond acceptors (Lipinski definition) is 2. The maximum atomic E-state index is 4.91. The highest BCUT2D eigenvalue weighted by molar-refractivity contribution is 14.0. The predicted molar refractivity (Wildman–Crippen MR) is 126 cm³/mol. The van der Waals surface area contributed by atoms with Gasteiger partial charge in [0.15, 0.2) is 5.96 Å². The van der Waals surface area contributed by atoms with E-state index in [0.29, 0.717) is 0 Å². The summed E-state index contributed by atoms with van der Waals surface area (Å²) < 4.78 is 0. The van der Waals surface area contributed by atoms with Gasteiger partial charge < -0.3 is 15.1 Å². The molecule has 2 fully saturated rings. The van der Waals surface area contributed by atoms with E-state index in [1.165, 1.54) is 56.4 Å². The zero-order valence-electron chi connectivity index (χ0n) is 17.1. The van der Waals surface area contributed by atoms with E-state index < -0.39 is 0 Å². The summed E-state index contributed by atoms with van der Waals surface area (Å²) in [6.07, 6.45) is 6.52. The lowest BCUT2D eigenvalue weighted by Crippen LogP contribution is -2.41. The Labute approximate surface area is 182 Å². The van der Waals surface area contributed by atoms with Crippen LogP contribution in [0.15, 0.2) is 29.3 Å². The molecule has 0 bridgehead atoms. The van der Waals surface area contributed by atoms with Crippen LogP contribution in [0.25, 0.3) is 0 Å². The highest BCUT2D eigenvalue weighted by Gasteiger charge is 2.26. The second-order valence-corrected chi connectivity index (χ2v) is 7.93. The first-order valence-corrected chi connectivity index (χ1v) is 10.6. The van der Waals surface area contributed by atoms with E-state index in [0.717, 1.165) is 44.5 Å². The Kier molecular flexibility index (Phi) is 9.90. The molecule has 0 amide bonds. The first-order chi connectivity index (χ1) is 12.7. The largest absolute Gasteiger partial charge is 0.357 e. The Balaban J connectivity index is 0.00000261. The molecule has 2 heterocycles. The van der Waals surface area contributed by atoms with Crippen molar-refractivity contribution in [2.75, 3.05) is 45.8 Å². The summed E-state index contributed by atoms with van der Waals surface area (Å²) in [6, 6.07) is 8.83. The highest BCUT2D eigenvalue weighted by Crippen LogP contribution is 2.20. The summed E-state index contributed by atoms with van der Waals surface area (Å²) in [7, 11) is 0. The lowest BCUT2D eigenvalue weighted by atomic mass is 10.1. The summed E-state index contributed by atoms with van der Waals surface area (Å²) in [6.45, 7) is 12.3. The van der Waals surface area contributed by atoms with Gasteiger partial charge in [0.1, 0.15) is 0 Å². The van der Waals surface area contributed by atoms with Crippen LogP contribution in [0.3, 0.4) is 0 Å². The minimum absolute atomic E-state index is 0. The van der Waals surface area contributed by atoms with Crippen molar-refractivity contribution in [1.29, 1.82) is 0 Å². The smallest absolute Gasteiger partial charge is 0.193 e. The molecule has 3 rings (SSSR count). The van der Waals surface area contributed by atoms with Gasteiger partial charge in [-0.15, -0.1) is 24.0 Å². The van der Waals surface area contributed by atoms with Crippen molar-refractivity contribution in [3.05, 3.63) is 35.4 Å². The lowest BCUT2D eigenvalue weighted by molar-refractivity contribution is 0.198. The fraction of sp³-hybridized carbons (Fsp3) is 0.682. The maximum absolute atomic E-state index is 4.91. The number of aryl methyl sites for hydroxylation is 1. The number of rotatable bonds is 6. The van der Waals surface area contributed by atoms with Gasteiger partial charge in [-0.1, -0.05) is 36.2 Å². The van der Waals surface area contributed by atoms with Crippen LogP contribution < -0.4 is 5.32 Å². The quantitative estimate of drug-likeness (QED) is 0.377. The molecule has 1 aromatic carbocycles. The first-order valence-electron chi connectivity index (χ1n) is 10.6. The van der Waals surface area contributed by atoms with E-state index in [4.69, 9.17) is 4.99 Å². The zero-order valence-corrected chi connectivity index (χ0v) is 19.5. The Morgan fingerprint density at radius 2 is 1.85 bits per heavy atom. The van der Waals surface area contributed by atoms with Gasteiger partial charge in [-0.2, -0.15) is 0 Å². The van der Waals surface area contributed by atoms with Crippen LogP contribution in [0, 0.1) is 12.8 Å². The van der Waals surface area contributed by atoms with Gasteiger partial charge in [-0.3, -0.25) is 4.99 Å². The Bertz CT molecular complexity index is 566. The lowest BCUT2D eigenvalue weighted by Gasteiger charge is -2.29. The monoisotopic (exact) mass is 484 g/mol. The minimum atomic E-state index is 0. The van der Waals surface area contributed by atoms with Gasteiger partial charge >= 0.3 is 0 Å². The molecule has 1 atom stereocenters. The molecule has 5 heteroatoms. The second kappa shape index (κ2) is 11.9. The SMILES string of the molecule is CCNC(=NCCc1ccc(C)cc1)N1CCC(CN2CCCCC2)C1.I. The van der Waals surface area contributed by atoms with E-state index in [9.17, 15) is 0 Å². The second-order valence-electron chi connectivity index (χ2n) is 7.93. The van der Waals surface area contributed by atoms with Crippen LogP contribution >= 0.6 is 24.0 Å². The summed E-state index contributed by atoms with van der Waals surface area (Å²) in [4.78, 5) is 10.1. The molecular weight excluding hydrogens is 447 g/mol. The van der Waals surface area contributed by atoms with Crippen LogP contribution in [-0.2, 0) is 6.42 Å². The van der Waals surface area contributed by atoms with Crippen molar-refractivity contribution in [1.82, 2.24) is 15.1 Å². The van der Waals surface area contributed by atoms with Gasteiger partial charge in [0.2, 0.25) is 0 Å². The standard InChI is InChI=1S/C22H36N4.HI/c1-3-23-22(24-13-11-20-9-7-19(2)8-10-20)26-16-12-21(18-26)17-25-14-5-4-6-15-25;/h7-10,21H,3-6,11-18H2,1-2H3,(H,23,24);1H. The van der Waals surface area contributed by atoms with E-state index in [-0.39, 0.29) is 24.0 Å². The normalized spacial score (nSPS) is 21.2. The van der Waals surface area contributed by atoms with Crippen LogP contribution in [0.1, 0.15) is 43.7 Å². The van der Waals surface area contributed by atoms with E-state index >= 15 is 0 Å². The van der Waals surface area contributed by atoms with Gasteiger partial charge in [-0.05, 0) is 64.1 Å². The van der Waals surface area contributed by atoms with Crippen molar-refractivity contribution in [2.45, 2.75) is 46.0 Å². The molecule has 1 unspecified atom stereocenters. The van der Waals surface area contributed by atoms with Crippen molar-refractivity contribution in [3.8, 4) is 0 Å². The Morgan fingerprint density at radius 3 is 2.56 bits per heavy atom. The predicted octanol–water partition coefficient (Wildman–Crippen LogP) is 3.93. The third-order valence-electron chi connectivity index (χ3n) is 5.67. The number of aliphatic imine (C=N–C) groups is 1. The van der Waals surface area contributed by atoms with E-state index in [1.54, 1.807) is 0 Å². The Morgan fingerprint density at radius 1 is 1.11 bits per heavy atom. The molecule has 27 heavy (non-hydrogen) atoms. The van der Waals surface area contributed by atoms with Gasteiger partial charge in [0.05, 0.1) is 0 Å². The minimum Gasteiger partial charge on any atom is -0.357 e. The van der Waals surface area contributed by atoms with Crippen LogP contribution in [0.2, 0.25) is 0 Å². The fourth-order valence-corrected chi connectivity index (χ4v) is 4.15. The number of nitrogens with one attached hydrogen (secondary N) is 1. The topological polar surface area (TPSA) is 30.9 Å². The molecule has 0 spiro atoms. The summed E-state index contributed by atoms with van der Waals surface area (Å²) >= 11 is 0. The number of piperidine rings is 1. The molecule has 0 saturated carbocycles. The molecule has 2 aliphatic rings. The van der Waals surface area contributed by atoms with Crippen molar-refractivity contribution in [3.63, 3.8) is 0 Å². The first kappa shape index (κ1) is 22.5. The molecular formula is C22H37IN4. The highest BCUT2D eigenvalue weighted by atomic mass is 127. The number of nitrogens with zero attached hydrogens (tertiary/aromatic N) is 3. The molecule has 4 nitrogen and oxygen atoms in total. The average Bonchev–Trinajstić information content (AvgIpc) is 3.12. The van der Waals surface area contributed by atoms with Gasteiger partial charge in [0.25, 0.3) is 0 Å². The molecule has 0 radical (unpaired) electrons. The molecule has 0 aromatic heterocycles. The number of guanidine groups is 1. The van der Waals surface area contributed by atoms with Crippen molar-refractivity contribution >= 4 is 29.9 Å². The molecule has 1 aromatic rings. The number of benzene rings is 1. The average molecular weight is 484 g/mol. The van der Waals surface area contributed by atoms with Crippen molar-refractivity contribution in [2.24, 2.45) is 10.9 Å². The number of likely N-dealkylation sites (tertiary alicyclic amines) is 2. The molecule has 152 valence electrons. The van der Waals surface area contributed by atoms with E-state index in [1.807, 2.05) is 0 Å². The van der Waals surface area contributed by atoms with Crippen LogP contribution in [0.4, 0.5) is 0 Å². The van der Waals surface area contributed by atoms with Crippen molar-refractivity contribution < 1.29 is 0 Å². The fourth-order valence-electron chi connectivity index (χ4n) is 4.15. The summed E-state index contributed by atoms with van der Waals surface area (Å²) in [5.74, 6) is 1.91. The summed E-state index contributed by atoms with van der Waals surface area (Å²) in [5.41, 5.74) is 2.70. The third kappa shape index (κ3) is 7.26. The number of halogens is 1.